The van der Waals surface area contributed by atoms with Gasteiger partial charge < -0.3 is 10.2 Å². The number of carbonyl (C=O) groups is 2. The van der Waals surface area contributed by atoms with Gasteiger partial charge in [0.2, 0.25) is 11.8 Å². The Kier molecular flexibility index (Phi) is 11.7. The summed E-state index contributed by atoms with van der Waals surface area (Å²) in [4.78, 5) is 29.7. The Hall–Kier alpha value is -3.85. The lowest BCUT2D eigenvalue weighted by atomic mass is 10.0. The van der Waals surface area contributed by atoms with Crippen molar-refractivity contribution in [3.8, 4) is 0 Å². The van der Waals surface area contributed by atoms with Gasteiger partial charge in [-0.05, 0) is 73.4 Å². The van der Waals surface area contributed by atoms with Gasteiger partial charge in [0.1, 0.15) is 12.6 Å². The Morgan fingerprint density at radius 1 is 0.778 bits per heavy atom. The van der Waals surface area contributed by atoms with Crippen LogP contribution in [-0.4, -0.2) is 43.8 Å². The molecule has 0 heterocycles. The maximum atomic E-state index is 14.5. The van der Waals surface area contributed by atoms with Crippen LogP contribution in [-0.2, 0) is 39.0 Å². The minimum absolute atomic E-state index is 0.00721. The highest BCUT2D eigenvalue weighted by Gasteiger charge is 2.34. The van der Waals surface area contributed by atoms with Crippen molar-refractivity contribution in [2.75, 3.05) is 10.8 Å². The van der Waals surface area contributed by atoms with Crippen molar-refractivity contribution in [1.82, 2.24) is 10.2 Å². The third-order valence-corrected chi connectivity index (χ3v) is 9.81. The number of nitrogens with zero attached hydrogens (tertiary/aromatic N) is 2. The zero-order chi connectivity index (χ0) is 32.6. The first kappa shape index (κ1) is 34.0. The van der Waals surface area contributed by atoms with Crippen molar-refractivity contribution in [2.24, 2.45) is 0 Å². The Labute approximate surface area is 275 Å². The minimum atomic E-state index is -4.16. The molecule has 0 saturated carbocycles. The third-order valence-electron chi connectivity index (χ3n) is 7.28. The van der Waals surface area contributed by atoms with E-state index in [0.29, 0.717) is 21.3 Å². The number of nitrogens with one attached hydrogen (secondary N) is 1. The second kappa shape index (κ2) is 15.4. The fourth-order valence-corrected chi connectivity index (χ4v) is 6.67. The molecule has 1 N–H and O–H groups in total. The summed E-state index contributed by atoms with van der Waals surface area (Å²) < 4.78 is 29.2. The number of anilines is 1. The van der Waals surface area contributed by atoms with E-state index in [1.165, 1.54) is 17.0 Å². The van der Waals surface area contributed by atoms with Gasteiger partial charge in [0.15, 0.2) is 0 Å². The molecule has 0 aromatic heterocycles. The Morgan fingerprint density at radius 3 is 1.96 bits per heavy atom. The fourth-order valence-electron chi connectivity index (χ4n) is 4.92. The zero-order valence-electron chi connectivity index (χ0n) is 25.5. The van der Waals surface area contributed by atoms with Gasteiger partial charge in [0.25, 0.3) is 10.0 Å². The molecule has 4 aromatic carbocycles. The summed E-state index contributed by atoms with van der Waals surface area (Å²) in [6.07, 6.45) is 0.983. The van der Waals surface area contributed by atoms with Crippen LogP contribution in [0, 0.1) is 0 Å². The van der Waals surface area contributed by atoms with Crippen molar-refractivity contribution in [1.29, 1.82) is 0 Å². The maximum Gasteiger partial charge on any atom is 0.264 e. The molecule has 1 unspecified atom stereocenters. The quantitative estimate of drug-likeness (QED) is 0.168. The molecule has 0 aliphatic heterocycles. The number of halogens is 2. The first-order valence-electron chi connectivity index (χ1n) is 14.7. The number of benzene rings is 4. The van der Waals surface area contributed by atoms with Crippen LogP contribution in [0.2, 0.25) is 10.0 Å². The van der Waals surface area contributed by atoms with Gasteiger partial charge in [-0.3, -0.25) is 13.9 Å². The van der Waals surface area contributed by atoms with Crippen molar-refractivity contribution in [3.63, 3.8) is 0 Å². The van der Waals surface area contributed by atoms with Gasteiger partial charge in [0, 0.05) is 19.0 Å². The summed E-state index contributed by atoms with van der Waals surface area (Å²) in [5, 5.41) is 3.60. The van der Waals surface area contributed by atoms with Crippen LogP contribution in [0.25, 0.3) is 0 Å². The second-order valence-electron chi connectivity index (χ2n) is 11.0. The van der Waals surface area contributed by atoms with Crippen molar-refractivity contribution in [3.05, 3.63) is 130 Å². The van der Waals surface area contributed by atoms with E-state index in [0.717, 1.165) is 21.9 Å². The molecule has 1 atom stereocenters. The molecule has 0 spiro atoms. The molecule has 7 nitrogen and oxygen atoms in total. The van der Waals surface area contributed by atoms with Gasteiger partial charge >= 0.3 is 0 Å². The third kappa shape index (κ3) is 8.87. The van der Waals surface area contributed by atoms with E-state index < -0.39 is 28.5 Å². The predicted octanol–water partition coefficient (Wildman–Crippen LogP) is 6.92. The van der Waals surface area contributed by atoms with E-state index in [9.17, 15) is 18.0 Å². The molecule has 0 aliphatic carbocycles. The molecule has 0 bridgehead atoms. The van der Waals surface area contributed by atoms with E-state index in [-0.39, 0.29) is 29.8 Å². The second-order valence-corrected chi connectivity index (χ2v) is 13.7. The largest absolute Gasteiger partial charge is 0.352 e. The molecule has 0 radical (unpaired) electrons. The Bertz CT molecular complexity index is 1700. The molecule has 0 fully saturated rings. The van der Waals surface area contributed by atoms with E-state index in [4.69, 9.17) is 23.2 Å². The SMILES string of the molecule is CCc1ccc(N(CC(=O)N(Cc2ccc(Cl)c(Cl)c2)C(Cc2ccccc2)C(=O)NC(C)C)S(=O)(=O)c2ccccc2)cc1. The molecular formula is C35H37Cl2N3O4S. The molecule has 2 amide bonds. The molecule has 236 valence electrons. The average Bonchev–Trinajstić information content (AvgIpc) is 3.03. The Morgan fingerprint density at radius 2 is 1.38 bits per heavy atom. The maximum absolute atomic E-state index is 14.5. The summed E-state index contributed by atoms with van der Waals surface area (Å²) in [5.41, 5.74) is 2.84. The summed E-state index contributed by atoms with van der Waals surface area (Å²) >= 11 is 12.5. The van der Waals surface area contributed by atoms with Crippen molar-refractivity contribution >= 4 is 50.7 Å². The smallest absolute Gasteiger partial charge is 0.264 e. The van der Waals surface area contributed by atoms with Crippen LogP contribution in [0.15, 0.2) is 108 Å². The average molecular weight is 667 g/mol. The molecular weight excluding hydrogens is 629 g/mol. The fraction of sp³-hybridized carbons (Fsp3) is 0.257. The lowest BCUT2D eigenvalue weighted by Gasteiger charge is -2.34. The van der Waals surface area contributed by atoms with E-state index in [1.54, 1.807) is 48.5 Å². The topological polar surface area (TPSA) is 86.8 Å². The van der Waals surface area contributed by atoms with Crippen LogP contribution in [0.3, 0.4) is 0 Å². The number of sulfonamides is 1. The predicted molar refractivity (Wildman–Crippen MR) is 181 cm³/mol. The summed E-state index contributed by atoms with van der Waals surface area (Å²) in [6.45, 7) is 5.15. The number of hydrogen-bond donors (Lipinski definition) is 1. The van der Waals surface area contributed by atoms with Gasteiger partial charge in [-0.15, -0.1) is 0 Å². The van der Waals surface area contributed by atoms with Gasteiger partial charge in [-0.25, -0.2) is 8.42 Å². The number of hydrogen-bond acceptors (Lipinski definition) is 4. The molecule has 45 heavy (non-hydrogen) atoms. The molecule has 10 heteroatoms. The highest BCUT2D eigenvalue weighted by Crippen LogP contribution is 2.27. The molecule has 4 rings (SSSR count). The van der Waals surface area contributed by atoms with Crippen LogP contribution >= 0.6 is 23.2 Å². The van der Waals surface area contributed by atoms with E-state index in [2.05, 4.69) is 5.32 Å². The van der Waals surface area contributed by atoms with Crippen LogP contribution in [0.1, 0.15) is 37.5 Å². The lowest BCUT2D eigenvalue weighted by molar-refractivity contribution is -0.140. The standard InChI is InChI=1S/C35H37Cl2N3O4S/c1-4-26-15-18-29(19-16-26)40(45(43,44)30-13-9-6-10-14-30)24-34(41)39(23-28-17-20-31(36)32(37)21-28)33(35(42)38-25(2)3)22-27-11-7-5-8-12-27/h5-21,25,33H,4,22-24H2,1-3H3,(H,38,42). The number of rotatable bonds is 13. The molecule has 4 aromatic rings. The van der Waals surface area contributed by atoms with Crippen LogP contribution < -0.4 is 9.62 Å². The summed E-state index contributed by atoms with van der Waals surface area (Å²) in [5.74, 6) is -0.910. The first-order valence-corrected chi connectivity index (χ1v) is 16.9. The molecule has 0 aliphatic rings. The van der Waals surface area contributed by atoms with E-state index >= 15 is 0 Å². The van der Waals surface area contributed by atoms with Crippen LogP contribution in [0.5, 0.6) is 0 Å². The van der Waals surface area contributed by atoms with Crippen LogP contribution in [0.4, 0.5) is 5.69 Å². The Balaban J connectivity index is 1.81. The highest BCUT2D eigenvalue weighted by atomic mass is 35.5. The zero-order valence-corrected chi connectivity index (χ0v) is 27.8. The van der Waals surface area contributed by atoms with Gasteiger partial charge in [0.05, 0.1) is 20.6 Å². The summed E-state index contributed by atoms with van der Waals surface area (Å²) in [7, 11) is -4.16. The molecule has 0 saturated heterocycles. The first-order chi connectivity index (χ1) is 21.5. The highest BCUT2D eigenvalue weighted by molar-refractivity contribution is 7.92. The van der Waals surface area contributed by atoms with Gasteiger partial charge in [-0.2, -0.15) is 0 Å². The number of aryl methyl sites for hydroxylation is 1. The normalized spacial score (nSPS) is 12.0. The lowest BCUT2D eigenvalue weighted by Crippen LogP contribution is -2.54. The van der Waals surface area contributed by atoms with Crippen molar-refractivity contribution < 1.29 is 18.0 Å². The van der Waals surface area contributed by atoms with Crippen molar-refractivity contribution in [2.45, 2.75) is 57.1 Å². The minimum Gasteiger partial charge on any atom is -0.352 e. The number of carbonyl (C=O) groups excluding carboxylic acids is 2. The monoisotopic (exact) mass is 665 g/mol. The number of amides is 2. The van der Waals surface area contributed by atoms with E-state index in [1.807, 2.05) is 63.2 Å². The summed E-state index contributed by atoms with van der Waals surface area (Å²) in [6, 6.07) is 28.3. The van der Waals surface area contributed by atoms with Gasteiger partial charge in [-0.1, -0.05) is 96.9 Å².